The maximum absolute atomic E-state index is 13.1. The molecule has 2 aliphatic heterocycles. The molecule has 0 bridgehead atoms. The van der Waals surface area contributed by atoms with Crippen LogP contribution in [0, 0.1) is 5.92 Å². The van der Waals surface area contributed by atoms with Crippen molar-refractivity contribution in [2.24, 2.45) is 5.92 Å². The van der Waals surface area contributed by atoms with Crippen LogP contribution in [-0.4, -0.2) is 41.2 Å². The van der Waals surface area contributed by atoms with Crippen molar-refractivity contribution in [3.63, 3.8) is 0 Å². The first-order chi connectivity index (χ1) is 13.1. The van der Waals surface area contributed by atoms with Gasteiger partial charge in [-0.15, -0.1) is 0 Å². The van der Waals surface area contributed by atoms with Crippen LogP contribution < -0.4 is 0 Å². The van der Waals surface area contributed by atoms with Crippen molar-refractivity contribution in [3.05, 3.63) is 70.2 Å². The highest BCUT2D eigenvalue weighted by atomic mass is 35.5. The second kappa shape index (κ2) is 7.73. The van der Waals surface area contributed by atoms with Crippen molar-refractivity contribution < 1.29 is 9.59 Å². The molecule has 4 nitrogen and oxygen atoms in total. The molecule has 5 heteroatoms. The van der Waals surface area contributed by atoms with Crippen LogP contribution in [0.4, 0.5) is 0 Å². The van der Waals surface area contributed by atoms with Crippen LogP contribution in [0.15, 0.2) is 48.5 Å². The van der Waals surface area contributed by atoms with Gasteiger partial charge in [-0.2, -0.15) is 0 Å². The topological polar surface area (TPSA) is 40.6 Å². The van der Waals surface area contributed by atoms with E-state index in [2.05, 4.69) is 18.2 Å². The molecular weight excluding hydrogens is 360 g/mol. The van der Waals surface area contributed by atoms with Gasteiger partial charge in [-0.25, -0.2) is 0 Å². The molecule has 2 aromatic rings. The zero-order valence-electron chi connectivity index (χ0n) is 15.2. The fraction of sp³-hybridized carbons (Fsp3) is 0.364. The van der Waals surface area contributed by atoms with Gasteiger partial charge in [0.15, 0.2) is 0 Å². The highest BCUT2D eigenvalue weighted by Gasteiger charge is 2.32. The number of carbonyl (C=O) groups is 2. The Hall–Kier alpha value is -2.33. The van der Waals surface area contributed by atoms with E-state index in [1.54, 1.807) is 29.2 Å². The molecular formula is C22H23ClN2O2. The number of carbonyl (C=O) groups excluding carboxylic acids is 2. The molecule has 140 valence electrons. The van der Waals surface area contributed by atoms with Crippen molar-refractivity contribution in [1.29, 1.82) is 0 Å². The molecule has 4 rings (SSSR count). The monoisotopic (exact) mass is 382 g/mol. The minimum Gasteiger partial charge on any atom is -0.338 e. The van der Waals surface area contributed by atoms with E-state index in [0.29, 0.717) is 30.2 Å². The molecule has 2 aliphatic rings. The minimum absolute atomic E-state index is 0.0426. The second-order valence-corrected chi connectivity index (χ2v) is 7.82. The number of halogens is 1. The molecule has 0 N–H and O–H groups in total. The van der Waals surface area contributed by atoms with Gasteiger partial charge < -0.3 is 9.80 Å². The fourth-order valence-electron chi connectivity index (χ4n) is 4.11. The summed E-state index contributed by atoms with van der Waals surface area (Å²) in [5.41, 5.74) is 3.16. The molecule has 0 spiro atoms. The van der Waals surface area contributed by atoms with Crippen LogP contribution in [0.1, 0.15) is 34.3 Å². The van der Waals surface area contributed by atoms with E-state index in [0.717, 1.165) is 25.8 Å². The van der Waals surface area contributed by atoms with Crippen molar-refractivity contribution in [2.75, 3.05) is 19.6 Å². The first-order valence-corrected chi connectivity index (χ1v) is 9.90. The van der Waals surface area contributed by atoms with Gasteiger partial charge in [0.2, 0.25) is 5.91 Å². The Morgan fingerprint density at radius 2 is 1.78 bits per heavy atom. The van der Waals surface area contributed by atoms with Gasteiger partial charge in [-0.05, 0) is 48.6 Å². The van der Waals surface area contributed by atoms with Gasteiger partial charge >= 0.3 is 0 Å². The quantitative estimate of drug-likeness (QED) is 0.793. The largest absolute Gasteiger partial charge is 0.338 e. The summed E-state index contributed by atoms with van der Waals surface area (Å²) in [4.78, 5) is 29.7. The van der Waals surface area contributed by atoms with Crippen LogP contribution >= 0.6 is 11.6 Å². The Morgan fingerprint density at radius 3 is 2.59 bits per heavy atom. The molecule has 0 radical (unpaired) electrons. The average molecular weight is 383 g/mol. The molecule has 2 aromatic carbocycles. The Balaban J connectivity index is 1.44. The number of amides is 2. The molecule has 1 saturated heterocycles. The SMILES string of the molecule is O=C(c1cccc(Cl)c1)N1CCCC(C(=O)N2CCc3ccccc3C2)C1. The molecule has 2 heterocycles. The fourth-order valence-corrected chi connectivity index (χ4v) is 4.30. The molecule has 0 aromatic heterocycles. The Labute approximate surface area is 164 Å². The number of hydrogen-bond acceptors (Lipinski definition) is 2. The molecule has 27 heavy (non-hydrogen) atoms. The molecule has 0 aliphatic carbocycles. The Kier molecular flexibility index (Phi) is 5.17. The minimum atomic E-state index is -0.118. The zero-order chi connectivity index (χ0) is 18.8. The second-order valence-electron chi connectivity index (χ2n) is 7.38. The molecule has 2 amide bonds. The lowest BCUT2D eigenvalue weighted by atomic mass is 9.93. The van der Waals surface area contributed by atoms with Crippen LogP contribution in [-0.2, 0) is 17.8 Å². The van der Waals surface area contributed by atoms with Gasteiger partial charge in [-0.3, -0.25) is 9.59 Å². The maximum atomic E-state index is 13.1. The van der Waals surface area contributed by atoms with E-state index in [1.165, 1.54) is 11.1 Å². The lowest BCUT2D eigenvalue weighted by molar-refractivity contribution is -0.137. The van der Waals surface area contributed by atoms with E-state index < -0.39 is 0 Å². The number of benzene rings is 2. The van der Waals surface area contributed by atoms with Crippen LogP contribution in [0.5, 0.6) is 0 Å². The lowest BCUT2D eigenvalue weighted by Gasteiger charge is -2.36. The smallest absolute Gasteiger partial charge is 0.253 e. The third-order valence-corrected chi connectivity index (χ3v) is 5.81. The van der Waals surface area contributed by atoms with E-state index in [9.17, 15) is 9.59 Å². The zero-order valence-corrected chi connectivity index (χ0v) is 16.0. The molecule has 1 fully saturated rings. The number of likely N-dealkylation sites (tertiary alicyclic amines) is 1. The molecule has 1 unspecified atom stereocenters. The third-order valence-electron chi connectivity index (χ3n) is 5.57. The molecule has 0 saturated carbocycles. The summed E-state index contributed by atoms with van der Waals surface area (Å²) in [5.74, 6) is 0.0132. The number of piperidine rings is 1. The number of rotatable bonds is 2. The van der Waals surface area contributed by atoms with Crippen LogP contribution in [0.2, 0.25) is 5.02 Å². The Morgan fingerprint density at radius 1 is 0.963 bits per heavy atom. The Bertz CT molecular complexity index is 867. The summed E-state index contributed by atoms with van der Waals surface area (Å²) < 4.78 is 0. The predicted octanol–water partition coefficient (Wildman–Crippen LogP) is 3.78. The summed E-state index contributed by atoms with van der Waals surface area (Å²) >= 11 is 6.02. The lowest BCUT2D eigenvalue weighted by Crippen LogP contribution is -2.47. The predicted molar refractivity (Wildman–Crippen MR) is 106 cm³/mol. The highest BCUT2D eigenvalue weighted by molar-refractivity contribution is 6.30. The highest BCUT2D eigenvalue weighted by Crippen LogP contribution is 2.25. The van der Waals surface area contributed by atoms with E-state index >= 15 is 0 Å². The van der Waals surface area contributed by atoms with Gasteiger partial charge in [0.1, 0.15) is 0 Å². The third kappa shape index (κ3) is 3.86. The van der Waals surface area contributed by atoms with Gasteiger partial charge in [-0.1, -0.05) is 41.9 Å². The first-order valence-electron chi connectivity index (χ1n) is 9.52. The van der Waals surface area contributed by atoms with E-state index in [-0.39, 0.29) is 17.7 Å². The van der Waals surface area contributed by atoms with Crippen LogP contribution in [0.3, 0.4) is 0 Å². The van der Waals surface area contributed by atoms with Crippen molar-refractivity contribution >= 4 is 23.4 Å². The van der Waals surface area contributed by atoms with Crippen LogP contribution in [0.25, 0.3) is 0 Å². The van der Waals surface area contributed by atoms with E-state index in [4.69, 9.17) is 11.6 Å². The summed E-state index contributed by atoms with van der Waals surface area (Å²) in [5, 5.41) is 0.553. The first kappa shape index (κ1) is 18.1. The summed E-state index contributed by atoms with van der Waals surface area (Å²) in [6, 6.07) is 15.3. The van der Waals surface area contributed by atoms with Gasteiger partial charge in [0.25, 0.3) is 5.91 Å². The van der Waals surface area contributed by atoms with Crippen molar-refractivity contribution in [1.82, 2.24) is 9.80 Å². The maximum Gasteiger partial charge on any atom is 0.253 e. The van der Waals surface area contributed by atoms with Crippen molar-refractivity contribution in [3.8, 4) is 0 Å². The molecule has 1 atom stereocenters. The standard InChI is InChI=1S/C22H23ClN2O2/c23-20-9-3-7-17(13-20)21(26)24-11-4-8-19(15-24)22(27)25-12-10-16-5-1-2-6-18(16)14-25/h1-3,5-7,9,13,19H,4,8,10-12,14-15H2. The summed E-state index contributed by atoms with van der Waals surface area (Å²) in [7, 11) is 0. The average Bonchev–Trinajstić information content (AvgIpc) is 2.72. The number of fused-ring (bicyclic) bond motifs is 1. The number of hydrogen-bond donors (Lipinski definition) is 0. The van der Waals surface area contributed by atoms with Gasteiger partial charge in [0, 0.05) is 36.8 Å². The van der Waals surface area contributed by atoms with Gasteiger partial charge in [0.05, 0.1) is 5.92 Å². The normalized spacial score (nSPS) is 19.5. The summed E-state index contributed by atoms with van der Waals surface area (Å²) in [6.45, 7) is 2.61. The van der Waals surface area contributed by atoms with E-state index in [1.807, 2.05) is 11.0 Å². The van der Waals surface area contributed by atoms with Crippen molar-refractivity contribution in [2.45, 2.75) is 25.8 Å². The summed E-state index contributed by atoms with van der Waals surface area (Å²) in [6.07, 6.45) is 2.60. The number of nitrogens with zero attached hydrogens (tertiary/aromatic N) is 2.